The van der Waals surface area contributed by atoms with E-state index in [-0.39, 0.29) is 36.2 Å². The number of hydrogen-bond donors (Lipinski definition) is 0. The van der Waals surface area contributed by atoms with Gasteiger partial charge in [0.05, 0.1) is 24.0 Å². The standard InChI is InChI=1S/C29H43F3N4O3/c1-17(2)36-18-6-7-19(36)14-20(13-18)38-24-5-4-8-29(31,32)22(24)16-25(37)35-11-9-28(3,10-12-35)27-33-26(39-34-27)21-15-23(21)30/h17-24H,4-16H2,1-3H3/t18?,19?,20?,21-,22-,23+,24+/m1/s1. The number of nitrogens with zero attached hydrogens (tertiary/aromatic N) is 4. The van der Waals surface area contributed by atoms with Crippen LogP contribution in [0.5, 0.6) is 0 Å². The van der Waals surface area contributed by atoms with Crippen LogP contribution in [0.3, 0.4) is 0 Å². The van der Waals surface area contributed by atoms with Crippen LogP contribution in [0.25, 0.3) is 0 Å². The number of carbonyl (C=O) groups excluding carboxylic acids is 1. The molecule has 0 spiro atoms. The van der Waals surface area contributed by atoms with Gasteiger partial charge in [-0.05, 0) is 71.6 Å². The lowest BCUT2D eigenvalue weighted by Gasteiger charge is -2.45. The zero-order valence-electron chi connectivity index (χ0n) is 23.5. The van der Waals surface area contributed by atoms with Gasteiger partial charge < -0.3 is 14.2 Å². The van der Waals surface area contributed by atoms with Gasteiger partial charge in [-0.1, -0.05) is 12.1 Å². The molecule has 2 bridgehead atoms. The Labute approximate surface area is 229 Å². The minimum absolute atomic E-state index is 0.00661. The first-order chi connectivity index (χ1) is 18.5. The molecule has 3 saturated heterocycles. The van der Waals surface area contributed by atoms with Crippen LogP contribution in [-0.4, -0.2) is 81.4 Å². The van der Waals surface area contributed by atoms with Crippen LogP contribution in [0.15, 0.2) is 4.52 Å². The number of aromatic nitrogens is 2. The van der Waals surface area contributed by atoms with E-state index in [4.69, 9.17) is 9.26 Å². The summed E-state index contributed by atoms with van der Waals surface area (Å²) >= 11 is 0. The van der Waals surface area contributed by atoms with Crippen molar-refractivity contribution >= 4 is 5.91 Å². The molecular weight excluding hydrogens is 509 g/mol. The van der Waals surface area contributed by atoms with E-state index in [1.807, 2.05) is 6.92 Å². The van der Waals surface area contributed by atoms with Crippen LogP contribution >= 0.6 is 0 Å². The van der Waals surface area contributed by atoms with E-state index in [1.165, 1.54) is 0 Å². The quantitative estimate of drug-likeness (QED) is 0.452. The summed E-state index contributed by atoms with van der Waals surface area (Å²) in [6.07, 6.45) is 4.91. The molecule has 4 heterocycles. The molecule has 5 aliphatic rings. The summed E-state index contributed by atoms with van der Waals surface area (Å²) in [5.41, 5.74) is -0.385. The topological polar surface area (TPSA) is 71.7 Å². The van der Waals surface area contributed by atoms with Crippen LogP contribution in [0.1, 0.15) is 109 Å². The van der Waals surface area contributed by atoms with Crippen molar-refractivity contribution in [3.05, 3.63) is 11.7 Å². The van der Waals surface area contributed by atoms with Crippen LogP contribution < -0.4 is 0 Å². The average molecular weight is 553 g/mol. The van der Waals surface area contributed by atoms with E-state index in [0.717, 1.165) is 25.7 Å². The molecule has 1 aromatic rings. The van der Waals surface area contributed by atoms with E-state index in [0.29, 0.717) is 75.0 Å². The highest BCUT2D eigenvalue weighted by molar-refractivity contribution is 5.76. The van der Waals surface area contributed by atoms with Crippen molar-refractivity contribution in [1.29, 1.82) is 0 Å². The first-order valence-corrected chi connectivity index (χ1v) is 15.1. The Hall–Kier alpha value is -1.68. The normalized spacial score (nSPS) is 37.8. The van der Waals surface area contributed by atoms with Gasteiger partial charge in [-0.15, -0.1) is 0 Å². The van der Waals surface area contributed by atoms with Crippen molar-refractivity contribution in [2.75, 3.05) is 13.1 Å². The van der Waals surface area contributed by atoms with Crippen molar-refractivity contribution in [3.8, 4) is 0 Å². The molecule has 10 heteroatoms. The molecule has 6 rings (SSSR count). The van der Waals surface area contributed by atoms with Crippen molar-refractivity contribution < 1.29 is 27.2 Å². The fourth-order valence-corrected chi connectivity index (χ4v) is 7.85. The highest BCUT2D eigenvalue weighted by atomic mass is 19.3. The molecule has 6 atom stereocenters. The fraction of sp³-hybridized carbons (Fsp3) is 0.897. The van der Waals surface area contributed by atoms with Crippen molar-refractivity contribution in [3.63, 3.8) is 0 Å². The monoisotopic (exact) mass is 552 g/mol. The predicted molar refractivity (Wildman–Crippen MR) is 138 cm³/mol. The molecule has 2 unspecified atom stereocenters. The minimum atomic E-state index is -2.90. The van der Waals surface area contributed by atoms with Gasteiger partial charge in [0.15, 0.2) is 5.82 Å². The lowest BCUT2D eigenvalue weighted by molar-refractivity contribution is -0.182. The smallest absolute Gasteiger partial charge is 0.253 e. The Balaban J connectivity index is 1.06. The van der Waals surface area contributed by atoms with E-state index in [2.05, 4.69) is 28.9 Å². The second-order valence-corrected chi connectivity index (χ2v) is 13.4. The maximum Gasteiger partial charge on any atom is 0.253 e. The van der Waals surface area contributed by atoms with Gasteiger partial charge in [0.1, 0.15) is 6.17 Å². The lowest BCUT2D eigenvalue weighted by Crippen LogP contribution is -2.52. The minimum Gasteiger partial charge on any atom is -0.374 e. The molecule has 1 amide bonds. The molecule has 0 aromatic carbocycles. The Kier molecular flexibility index (Phi) is 7.26. The summed E-state index contributed by atoms with van der Waals surface area (Å²) in [5.74, 6) is -3.60. The fourth-order valence-electron chi connectivity index (χ4n) is 7.85. The Morgan fingerprint density at radius 3 is 2.38 bits per heavy atom. The van der Waals surface area contributed by atoms with Gasteiger partial charge in [0.25, 0.3) is 5.92 Å². The molecular formula is C29H43F3N4O3. The third-order valence-electron chi connectivity index (χ3n) is 10.3. The number of halogens is 3. The van der Waals surface area contributed by atoms with E-state index < -0.39 is 24.1 Å². The van der Waals surface area contributed by atoms with Crippen molar-refractivity contribution in [1.82, 2.24) is 19.9 Å². The van der Waals surface area contributed by atoms with Gasteiger partial charge in [-0.25, -0.2) is 13.2 Å². The molecule has 3 aliphatic heterocycles. The molecule has 218 valence electrons. The maximum absolute atomic E-state index is 15.3. The van der Waals surface area contributed by atoms with Gasteiger partial charge in [-0.3, -0.25) is 9.69 Å². The number of alkyl halides is 3. The zero-order valence-corrected chi connectivity index (χ0v) is 23.5. The number of likely N-dealkylation sites (tertiary alicyclic amines) is 1. The Morgan fingerprint density at radius 2 is 1.77 bits per heavy atom. The first kappa shape index (κ1) is 27.5. The number of amides is 1. The molecule has 5 fully saturated rings. The summed E-state index contributed by atoms with van der Waals surface area (Å²) in [4.78, 5) is 22.1. The number of ether oxygens (including phenoxy) is 1. The molecule has 39 heavy (non-hydrogen) atoms. The summed E-state index contributed by atoms with van der Waals surface area (Å²) in [5, 5.41) is 4.11. The summed E-state index contributed by atoms with van der Waals surface area (Å²) < 4.78 is 55.7. The average Bonchev–Trinajstić information content (AvgIpc) is 3.28. The Bertz CT molecular complexity index is 1030. The second-order valence-electron chi connectivity index (χ2n) is 13.4. The SMILES string of the molecule is CC(C)N1C2CCC1CC(O[C@H]1CCCC(F)(F)[C@@H]1CC(=O)N1CCC(C)(c3noc([C@@H]4C[C@@H]4F)n3)CC1)C2. The summed E-state index contributed by atoms with van der Waals surface area (Å²) in [7, 11) is 0. The van der Waals surface area contributed by atoms with Crippen LogP contribution in [0.4, 0.5) is 13.2 Å². The van der Waals surface area contributed by atoms with Gasteiger partial charge in [-0.2, -0.15) is 4.98 Å². The molecule has 2 aliphatic carbocycles. The third kappa shape index (κ3) is 5.36. The molecule has 7 nitrogen and oxygen atoms in total. The van der Waals surface area contributed by atoms with Crippen molar-refractivity contribution in [2.24, 2.45) is 5.92 Å². The third-order valence-corrected chi connectivity index (χ3v) is 10.3. The molecule has 2 saturated carbocycles. The number of rotatable bonds is 7. The van der Waals surface area contributed by atoms with E-state index in [1.54, 1.807) is 4.90 Å². The number of hydrogen-bond acceptors (Lipinski definition) is 6. The number of carbonyl (C=O) groups is 1. The van der Waals surface area contributed by atoms with Crippen LogP contribution in [-0.2, 0) is 14.9 Å². The molecule has 0 radical (unpaired) electrons. The molecule has 1 aromatic heterocycles. The molecule has 0 N–H and O–H groups in total. The van der Waals surface area contributed by atoms with Crippen LogP contribution in [0.2, 0.25) is 0 Å². The zero-order chi connectivity index (χ0) is 27.5. The predicted octanol–water partition coefficient (Wildman–Crippen LogP) is 5.39. The summed E-state index contributed by atoms with van der Waals surface area (Å²) in [6, 6.07) is 1.43. The van der Waals surface area contributed by atoms with E-state index >= 15 is 8.78 Å². The van der Waals surface area contributed by atoms with Gasteiger partial charge >= 0.3 is 0 Å². The van der Waals surface area contributed by atoms with E-state index in [9.17, 15) is 9.18 Å². The first-order valence-electron chi connectivity index (χ1n) is 15.1. The second kappa shape index (κ2) is 10.3. The summed E-state index contributed by atoms with van der Waals surface area (Å²) in [6.45, 7) is 7.39. The number of piperidine rings is 2. The highest BCUT2D eigenvalue weighted by Crippen LogP contribution is 2.46. The van der Waals surface area contributed by atoms with Crippen LogP contribution in [0, 0.1) is 5.92 Å². The van der Waals surface area contributed by atoms with Gasteiger partial charge in [0.2, 0.25) is 11.8 Å². The largest absolute Gasteiger partial charge is 0.374 e. The van der Waals surface area contributed by atoms with Crippen molar-refractivity contribution in [2.45, 2.75) is 145 Å². The lowest BCUT2D eigenvalue weighted by atomic mass is 9.78. The maximum atomic E-state index is 15.3. The van der Waals surface area contributed by atoms with Gasteiger partial charge in [0, 0.05) is 49.5 Å². The Morgan fingerprint density at radius 1 is 1.10 bits per heavy atom. The highest BCUT2D eigenvalue weighted by Gasteiger charge is 2.51. The number of fused-ring (bicyclic) bond motifs is 2.